The van der Waals surface area contributed by atoms with Crippen LogP contribution in [0.4, 0.5) is 5.88 Å². The third-order valence-electron chi connectivity index (χ3n) is 3.13. The van der Waals surface area contributed by atoms with E-state index in [0.29, 0.717) is 17.8 Å². The highest BCUT2D eigenvalue weighted by atomic mass is 32.1. The smallest absolute Gasteiger partial charge is 0.343 e. The summed E-state index contributed by atoms with van der Waals surface area (Å²) >= 11 is 1.25. The molecule has 112 valence electrons. The molecular formula is C13H15N3O4S. The molecule has 0 bridgehead atoms. The van der Waals surface area contributed by atoms with Gasteiger partial charge in [-0.1, -0.05) is 19.0 Å². The highest BCUT2D eigenvalue weighted by Crippen LogP contribution is 2.30. The van der Waals surface area contributed by atoms with E-state index in [-0.39, 0.29) is 29.0 Å². The fraction of sp³-hybridized carbons (Fsp3) is 0.385. The Labute approximate surface area is 125 Å². The van der Waals surface area contributed by atoms with Crippen molar-refractivity contribution in [2.75, 3.05) is 5.32 Å². The summed E-state index contributed by atoms with van der Waals surface area (Å²) in [6, 6.07) is 0. The van der Waals surface area contributed by atoms with Crippen LogP contribution < -0.4 is 5.32 Å². The molecular weight excluding hydrogens is 294 g/mol. The number of hydrogen-bond donors (Lipinski definition) is 2. The first kappa shape index (κ1) is 15.2. The van der Waals surface area contributed by atoms with Gasteiger partial charge >= 0.3 is 5.97 Å². The average Bonchev–Trinajstić information content (AvgIpc) is 3.08. The molecule has 8 heteroatoms. The van der Waals surface area contributed by atoms with Crippen molar-refractivity contribution in [1.82, 2.24) is 10.1 Å². The number of rotatable bonds is 6. The summed E-state index contributed by atoms with van der Waals surface area (Å²) in [5, 5.41) is 17.7. The van der Waals surface area contributed by atoms with Crippen LogP contribution in [-0.4, -0.2) is 27.1 Å². The first-order valence-electron chi connectivity index (χ1n) is 6.52. The van der Waals surface area contributed by atoms with Gasteiger partial charge in [-0.2, -0.15) is 0 Å². The van der Waals surface area contributed by atoms with Gasteiger partial charge in [0.25, 0.3) is 0 Å². The first-order valence-corrected chi connectivity index (χ1v) is 7.40. The summed E-state index contributed by atoms with van der Waals surface area (Å²) in [6.45, 7) is 3.79. The molecule has 0 aromatic carbocycles. The molecule has 2 aromatic heterocycles. The van der Waals surface area contributed by atoms with Crippen molar-refractivity contribution in [2.24, 2.45) is 5.92 Å². The molecule has 21 heavy (non-hydrogen) atoms. The van der Waals surface area contributed by atoms with E-state index >= 15 is 0 Å². The summed E-state index contributed by atoms with van der Waals surface area (Å²) in [6.07, 6.45) is 2.87. The molecule has 0 unspecified atom stereocenters. The lowest BCUT2D eigenvalue weighted by atomic mass is 10.0. The lowest BCUT2D eigenvalue weighted by Gasteiger charge is -2.10. The maximum atomic E-state index is 12.0. The van der Waals surface area contributed by atoms with E-state index in [1.54, 1.807) is 11.6 Å². The van der Waals surface area contributed by atoms with Crippen molar-refractivity contribution < 1.29 is 19.2 Å². The number of carboxylic acids is 1. The molecule has 0 saturated carbocycles. The van der Waals surface area contributed by atoms with Crippen molar-refractivity contribution in [2.45, 2.75) is 26.7 Å². The molecule has 0 aliphatic carbocycles. The second kappa shape index (κ2) is 6.49. The van der Waals surface area contributed by atoms with E-state index in [9.17, 15) is 14.7 Å². The van der Waals surface area contributed by atoms with Crippen LogP contribution in [0.3, 0.4) is 0 Å². The Balaban J connectivity index is 2.33. The Morgan fingerprint density at radius 2 is 2.14 bits per heavy atom. The van der Waals surface area contributed by atoms with Gasteiger partial charge in [-0.05, 0) is 12.8 Å². The summed E-state index contributed by atoms with van der Waals surface area (Å²) in [4.78, 5) is 27.5. The van der Waals surface area contributed by atoms with Gasteiger partial charge in [0, 0.05) is 17.5 Å². The normalized spacial score (nSPS) is 10.8. The highest BCUT2D eigenvalue weighted by Gasteiger charge is 2.27. The Morgan fingerprint density at radius 1 is 1.43 bits per heavy atom. The highest BCUT2D eigenvalue weighted by molar-refractivity contribution is 7.13. The third-order valence-corrected chi connectivity index (χ3v) is 3.91. The predicted octanol–water partition coefficient (Wildman–Crippen LogP) is 2.87. The second-order valence-corrected chi connectivity index (χ2v) is 5.27. The number of carbonyl (C=O) groups excluding carboxylic acids is 1. The SMILES string of the molecule is CCC(CC)C(=O)Nc1onc(-c2nccs2)c1C(=O)O. The van der Waals surface area contributed by atoms with Crippen molar-refractivity contribution in [3.05, 3.63) is 17.1 Å². The minimum Gasteiger partial charge on any atom is -0.477 e. The van der Waals surface area contributed by atoms with Crippen LogP contribution in [0.25, 0.3) is 10.7 Å². The monoisotopic (exact) mass is 309 g/mol. The predicted molar refractivity (Wildman–Crippen MR) is 77.3 cm³/mol. The minimum atomic E-state index is -1.22. The van der Waals surface area contributed by atoms with E-state index in [4.69, 9.17) is 4.52 Å². The summed E-state index contributed by atoms with van der Waals surface area (Å²) in [7, 11) is 0. The van der Waals surface area contributed by atoms with Gasteiger partial charge < -0.3 is 9.63 Å². The van der Waals surface area contributed by atoms with Crippen molar-refractivity contribution >= 4 is 29.1 Å². The molecule has 2 N–H and O–H groups in total. The van der Waals surface area contributed by atoms with E-state index in [1.165, 1.54) is 11.3 Å². The van der Waals surface area contributed by atoms with Gasteiger partial charge in [-0.25, -0.2) is 9.78 Å². The Bertz CT molecular complexity index is 632. The fourth-order valence-corrected chi connectivity index (χ4v) is 2.56. The topological polar surface area (TPSA) is 105 Å². The molecule has 0 fully saturated rings. The first-order chi connectivity index (χ1) is 10.1. The van der Waals surface area contributed by atoms with Gasteiger partial charge in [0.15, 0.2) is 11.3 Å². The number of carboxylic acid groups (broad SMARTS) is 1. The average molecular weight is 309 g/mol. The van der Waals surface area contributed by atoms with Crippen LogP contribution in [-0.2, 0) is 4.79 Å². The second-order valence-electron chi connectivity index (χ2n) is 4.38. The lowest BCUT2D eigenvalue weighted by Crippen LogP contribution is -2.22. The zero-order chi connectivity index (χ0) is 15.4. The lowest BCUT2D eigenvalue weighted by molar-refractivity contribution is -0.120. The van der Waals surface area contributed by atoms with Crippen molar-refractivity contribution in [1.29, 1.82) is 0 Å². The van der Waals surface area contributed by atoms with Gasteiger partial charge in [0.1, 0.15) is 5.01 Å². The van der Waals surface area contributed by atoms with Gasteiger partial charge in [-0.15, -0.1) is 11.3 Å². The minimum absolute atomic E-state index is 0.123. The van der Waals surface area contributed by atoms with Crippen LogP contribution in [0.5, 0.6) is 0 Å². The standard InChI is InChI=1S/C13H15N3O4S/c1-3-7(4-2)10(17)15-11-8(13(18)19)9(16-20-11)12-14-5-6-21-12/h5-7H,3-4H2,1-2H3,(H,15,17)(H,18,19). The molecule has 0 saturated heterocycles. The molecule has 2 aromatic rings. The zero-order valence-corrected chi connectivity index (χ0v) is 12.4. The number of hydrogen-bond acceptors (Lipinski definition) is 6. The largest absolute Gasteiger partial charge is 0.477 e. The van der Waals surface area contributed by atoms with E-state index in [1.807, 2.05) is 13.8 Å². The molecule has 2 rings (SSSR count). The third kappa shape index (κ3) is 3.10. The number of carbonyl (C=O) groups is 2. The van der Waals surface area contributed by atoms with E-state index in [2.05, 4.69) is 15.5 Å². The van der Waals surface area contributed by atoms with Crippen LogP contribution in [0.2, 0.25) is 0 Å². The summed E-state index contributed by atoms with van der Waals surface area (Å²) < 4.78 is 4.99. The summed E-state index contributed by atoms with van der Waals surface area (Å²) in [5.74, 6) is -1.84. The van der Waals surface area contributed by atoms with Crippen LogP contribution >= 0.6 is 11.3 Å². The number of aromatic nitrogens is 2. The van der Waals surface area contributed by atoms with Gasteiger partial charge in [0.05, 0.1) is 0 Å². The molecule has 7 nitrogen and oxygen atoms in total. The van der Waals surface area contributed by atoms with Crippen LogP contribution in [0.1, 0.15) is 37.0 Å². The Morgan fingerprint density at radius 3 is 2.67 bits per heavy atom. The van der Waals surface area contributed by atoms with Crippen molar-refractivity contribution in [3.63, 3.8) is 0 Å². The Kier molecular flexibility index (Phi) is 4.69. The summed E-state index contributed by atoms with van der Waals surface area (Å²) in [5.41, 5.74) is -0.0541. The molecule has 0 spiro atoms. The number of aromatic carboxylic acids is 1. The van der Waals surface area contributed by atoms with E-state index in [0.717, 1.165) is 0 Å². The fourth-order valence-electron chi connectivity index (χ4n) is 1.93. The zero-order valence-electron chi connectivity index (χ0n) is 11.6. The van der Waals surface area contributed by atoms with Gasteiger partial charge in [-0.3, -0.25) is 10.1 Å². The number of nitrogens with zero attached hydrogens (tertiary/aromatic N) is 2. The van der Waals surface area contributed by atoms with Crippen LogP contribution in [0.15, 0.2) is 16.1 Å². The maximum absolute atomic E-state index is 12.0. The number of thiazole rings is 1. The number of nitrogens with one attached hydrogen (secondary N) is 1. The van der Waals surface area contributed by atoms with Crippen molar-refractivity contribution in [3.8, 4) is 10.7 Å². The van der Waals surface area contributed by atoms with Gasteiger partial charge in [0.2, 0.25) is 11.8 Å². The molecule has 0 aliphatic heterocycles. The molecule has 1 amide bonds. The van der Waals surface area contributed by atoms with E-state index < -0.39 is 5.97 Å². The Hall–Kier alpha value is -2.22. The maximum Gasteiger partial charge on any atom is 0.343 e. The molecule has 0 aliphatic rings. The molecule has 2 heterocycles. The quantitative estimate of drug-likeness (QED) is 0.850. The number of amides is 1. The van der Waals surface area contributed by atoms with Crippen LogP contribution in [0, 0.1) is 5.92 Å². The number of anilines is 1. The molecule has 0 atom stereocenters. The molecule has 0 radical (unpaired) electrons.